The fourth-order valence-electron chi connectivity index (χ4n) is 2.69. The molecule has 0 aliphatic carbocycles. The van der Waals surface area contributed by atoms with Crippen LogP contribution in [0.4, 0.5) is 0 Å². The van der Waals surface area contributed by atoms with E-state index in [1.165, 1.54) is 77.0 Å². The highest BCUT2D eigenvalue weighted by Crippen LogP contribution is 2.12. The van der Waals surface area contributed by atoms with Gasteiger partial charge in [-0.05, 0) is 6.42 Å². The number of hydrogen-bond acceptors (Lipinski definition) is 2. The van der Waals surface area contributed by atoms with E-state index in [-0.39, 0.29) is 6.61 Å². The molecule has 134 valence electrons. The zero-order valence-electron chi connectivity index (χ0n) is 15.6. The van der Waals surface area contributed by atoms with Crippen molar-refractivity contribution < 1.29 is 14.3 Å². The lowest BCUT2D eigenvalue weighted by molar-refractivity contribution is -0.910. The summed E-state index contributed by atoms with van der Waals surface area (Å²) in [6, 6.07) is 0. The van der Waals surface area contributed by atoms with Crippen molar-refractivity contribution in [3.63, 3.8) is 0 Å². The summed E-state index contributed by atoms with van der Waals surface area (Å²) in [6.07, 6.45) is 16.6. The summed E-state index contributed by atoms with van der Waals surface area (Å²) >= 11 is 0. The van der Waals surface area contributed by atoms with Crippen molar-refractivity contribution in [2.24, 2.45) is 0 Å². The zero-order chi connectivity index (χ0) is 16.5. The van der Waals surface area contributed by atoms with Gasteiger partial charge in [-0.15, -0.1) is 0 Å². The van der Waals surface area contributed by atoms with Crippen molar-refractivity contribution in [1.29, 1.82) is 0 Å². The van der Waals surface area contributed by atoms with Crippen LogP contribution in [0.1, 0.15) is 84.0 Å². The predicted molar refractivity (Wildman–Crippen MR) is 96.0 cm³/mol. The van der Waals surface area contributed by atoms with Crippen LogP contribution in [0.25, 0.3) is 0 Å². The fourth-order valence-corrected chi connectivity index (χ4v) is 2.69. The first-order valence-electron chi connectivity index (χ1n) is 9.63. The Bertz CT molecular complexity index is 219. The molecule has 0 aromatic heterocycles. The lowest BCUT2D eigenvalue weighted by atomic mass is 10.1. The van der Waals surface area contributed by atoms with Crippen LogP contribution < -0.4 is 0 Å². The Morgan fingerprint density at radius 3 is 1.64 bits per heavy atom. The van der Waals surface area contributed by atoms with Crippen molar-refractivity contribution in [2.45, 2.75) is 84.0 Å². The smallest absolute Gasteiger partial charge is 0.182 e. The van der Waals surface area contributed by atoms with Crippen molar-refractivity contribution >= 4 is 0 Å². The first-order chi connectivity index (χ1) is 10.6. The molecule has 0 aromatic carbocycles. The molecule has 0 bridgehead atoms. The van der Waals surface area contributed by atoms with Gasteiger partial charge in [-0.1, -0.05) is 77.6 Å². The highest BCUT2D eigenvalue weighted by molar-refractivity contribution is 4.48. The van der Waals surface area contributed by atoms with Crippen LogP contribution in [-0.2, 0) is 4.74 Å². The zero-order valence-corrected chi connectivity index (χ0v) is 15.6. The summed E-state index contributed by atoms with van der Waals surface area (Å²) in [5.74, 6) is 0. The normalized spacial score (nSPS) is 12.0. The Balaban J connectivity index is 3.11. The Morgan fingerprint density at radius 1 is 0.727 bits per heavy atom. The molecule has 3 nitrogen and oxygen atoms in total. The molecule has 0 rings (SSSR count). The van der Waals surface area contributed by atoms with Crippen LogP contribution in [0.2, 0.25) is 0 Å². The molecule has 1 N–H and O–H groups in total. The van der Waals surface area contributed by atoms with Gasteiger partial charge in [0.1, 0.15) is 6.54 Å². The monoisotopic (exact) mass is 316 g/mol. The van der Waals surface area contributed by atoms with Crippen LogP contribution in [0.15, 0.2) is 0 Å². The van der Waals surface area contributed by atoms with Crippen molar-refractivity contribution in [2.75, 3.05) is 40.6 Å². The molecule has 0 radical (unpaired) electrons. The number of rotatable bonds is 17. The van der Waals surface area contributed by atoms with Gasteiger partial charge in [0.05, 0.1) is 27.3 Å². The molecule has 0 unspecified atom stereocenters. The lowest BCUT2D eigenvalue weighted by Crippen LogP contribution is -2.43. The minimum Gasteiger partial charge on any atom is -0.391 e. The molecular weight excluding hydrogens is 274 g/mol. The van der Waals surface area contributed by atoms with Crippen LogP contribution in [-0.4, -0.2) is 50.2 Å². The summed E-state index contributed by atoms with van der Waals surface area (Å²) in [5.41, 5.74) is 0. The number of unbranched alkanes of at least 4 members (excludes halogenated alkanes) is 11. The van der Waals surface area contributed by atoms with Gasteiger partial charge < -0.3 is 14.3 Å². The molecule has 0 fully saturated rings. The number of aliphatic hydroxyl groups is 1. The molecule has 0 amide bonds. The van der Waals surface area contributed by atoms with E-state index in [2.05, 4.69) is 21.0 Å². The van der Waals surface area contributed by atoms with E-state index >= 15 is 0 Å². The molecule has 0 aliphatic heterocycles. The van der Waals surface area contributed by atoms with Gasteiger partial charge in [0.25, 0.3) is 0 Å². The van der Waals surface area contributed by atoms with E-state index in [1.807, 2.05) is 0 Å². The number of aliphatic hydroxyl groups excluding tert-OH is 1. The Hall–Kier alpha value is -0.120. The van der Waals surface area contributed by atoms with E-state index in [0.29, 0.717) is 6.73 Å². The maximum absolute atomic E-state index is 8.95. The van der Waals surface area contributed by atoms with Gasteiger partial charge in [0.15, 0.2) is 6.73 Å². The minimum atomic E-state index is 0.231. The third kappa shape index (κ3) is 16.3. The average molecular weight is 317 g/mol. The van der Waals surface area contributed by atoms with Crippen LogP contribution in [0.5, 0.6) is 0 Å². The highest BCUT2D eigenvalue weighted by Gasteiger charge is 2.13. The summed E-state index contributed by atoms with van der Waals surface area (Å²) < 4.78 is 6.45. The third-order valence-electron chi connectivity index (χ3n) is 4.29. The second-order valence-electron chi connectivity index (χ2n) is 7.31. The summed E-state index contributed by atoms with van der Waals surface area (Å²) in [7, 11) is 4.19. The quantitative estimate of drug-likeness (QED) is 0.239. The molecule has 0 atom stereocenters. The average Bonchev–Trinajstić information content (AvgIpc) is 2.47. The lowest BCUT2D eigenvalue weighted by Gasteiger charge is -2.28. The Kier molecular flexibility index (Phi) is 15.7. The van der Waals surface area contributed by atoms with Crippen LogP contribution in [0, 0.1) is 0 Å². The van der Waals surface area contributed by atoms with Gasteiger partial charge in [-0.2, -0.15) is 0 Å². The summed E-state index contributed by atoms with van der Waals surface area (Å²) in [6.45, 7) is 4.84. The number of hydrogen-bond donors (Lipinski definition) is 1. The molecule has 3 heteroatoms. The molecular formula is C19H42NO2+. The summed E-state index contributed by atoms with van der Waals surface area (Å²) in [5, 5.41) is 8.95. The van der Waals surface area contributed by atoms with Crippen LogP contribution >= 0.6 is 0 Å². The van der Waals surface area contributed by atoms with Gasteiger partial charge in [0, 0.05) is 0 Å². The Morgan fingerprint density at radius 2 is 1.18 bits per heavy atom. The summed E-state index contributed by atoms with van der Waals surface area (Å²) in [4.78, 5) is 0. The number of ether oxygens (including phenoxy) is 1. The highest BCUT2D eigenvalue weighted by atomic mass is 16.5. The van der Waals surface area contributed by atoms with Gasteiger partial charge in [-0.25, -0.2) is 0 Å². The van der Waals surface area contributed by atoms with E-state index < -0.39 is 0 Å². The molecule has 0 aliphatic rings. The molecule has 0 heterocycles. The maximum atomic E-state index is 8.95. The number of likely N-dealkylation sites (N-methyl/N-ethyl adjacent to an activating group) is 1. The Labute approximate surface area is 139 Å². The van der Waals surface area contributed by atoms with Crippen molar-refractivity contribution in [3.05, 3.63) is 0 Å². The predicted octanol–water partition coefficient (Wildman–Crippen LogP) is 4.73. The topological polar surface area (TPSA) is 29.5 Å². The maximum Gasteiger partial charge on any atom is 0.182 e. The molecule has 0 saturated heterocycles. The second kappa shape index (κ2) is 15.8. The van der Waals surface area contributed by atoms with Crippen molar-refractivity contribution in [1.82, 2.24) is 0 Å². The minimum absolute atomic E-state index is 0.231. The first kappa shape index (κ1) is 21.9. The van der Waals surface area contributed by atoms with E-state index in [1.54, 1.807) is 0 Å². The van der Waals surface area contributed by atoms with Gasteiger partial charge >= 0.3 is 0 Å². The van der Waals surface area contributed by atoms with E-state index in [4.69, 9.17) is 9.84 Å². The standard InChI is InChI=1S/C19H42NO2/c1-4-5-6-7-8-9-10-11-12-13-14-15-18-22-19-20(2,3)16-17-21/h21H,4-19H2,1-3H3/q+1. The van der Waals surface area contributed by atoms with E-state index in [0.717, 1.165) is 17.6 Å². The number of quaternary nitrogens is 1. The fraction of sp³-hybridized carbons (Fsp3) is 1.00. The molecule has 0 aromatic rings. The van der Waals surface area contributed by atoms with Crippen LogP contribution in [0.3, 0.4) is 0 Å². The first-order valence-corrected chi connectivity index (χ1v) is 9.63. The van der Waals surface area contributed by atoms with Crippen molar-refractivity contribution in [3.8, 4) is 0 Å². The van der Waals surface area contributed by atoms with Gasteiger partial charge in [-0.3, -0.25) is 0 Å². The molecule has 22 heavy (non-hydrogen) atoms. The van der Waals surface area contributed by atoms with E-state index in [9.17, 15) is 0 Å². The number of nitrogens with zero attached hydrogens (tertiary/aromatic N) is 1. The largest absolute Gasteiger partial charge is 0.391 e. The SMILES string of the molecule is CCCCCCCCCCCCCCOC[N+](C)(C)CCO. The molecule has 0 saturated carbocycles. The third-order valence-corrected chi connectivity index (χ3v) is 4.29. The molecule has 0 spiro atoms. The second-order valence-corrected chi connectivity index (χ2v) is 7.31. The van der Waals surface area contributed by atoms with Gasteiger partial charge in [0.2, 0.25) is 0 Å².